The molecule has 0 spiro atoms. The molecule has 1 aliphatic rings. The van der Waals surface area contributed by atoms with Crippen molar-refractivity contribution in [3.05, 3.63) is 0 Å². The highest BCUT2D eigenvalue weighted by atomic mass is 15.1. The topological polar surface area (TPSA) is 3.24 Å². The van der Waals surface area contributed by atoms with Crippen LogP contribution in [0.2, 0.25) is 0 Å². The Morgan fingerprint density at radius 2 is 1.64 bits per heavy atom. The van der Waals surface area contributed by atoms with Crippen molar-refractivity contribution in [2.45, 2.75) is 39.2 Å². The second kappa shape index (κ2) is 2.78. The summed E-state index contributed by atoms with van der Waals surface area (Å²) in [6.07, 6.45) is 2.84. The second-order valence-corrected chi connectivity index (χ2v) is 4.82. The highest BCUT2D eigenvalue weighted by Crippen LogP contribution is 2.42. The Balaban J connectivity index is 2.46. The normalized spacial score (nSPS) is 32.2. The fourth-order valence-corrected chi connectivity index (χ4v) is 1.84. The van der Waals surface area contributed by atoms with E-state index in [1.54, 1.807) is 0 Å². The molecule has 0 aromatic carbocycles. The van der Waals surface area contributed by atoms with E-state index in [9.17, 15) is 0 Å². The number of nitrogens with zero attached hydrogens (tertiary/aromatic N) is 1. The molecule has 0 unspecified atom stereocenters. The fraction of sp³-hybridized carbons (Fsp3) is 1.00. The standard InChI is InChI=1S/C10H21N/c1-8-6-9(7-8)10(2,3)11(4)5/h8-9H,6-7H2,1-5H3. The lowest BCUT2D eigenvalue weighted by molar-refractivity contribution is 0.0323. The summed E-state index contributed by atoms with van der Waals surface area (Å²) in [5, 5.41) is 0. The van der Waals surface area contributed by atoms with Gasteiger partial charge in [0, 0.05) is 5.54 Å². The molecule has 0 heterocycles. The molecule has 0 N–H and O–H groups in total. The Morgan fingerprint density at radius 1 is 1.18 bits per heavy atom. The highest BCUT2D eigenvalue weighted by molar-refractivity contribution is 4.93. The Bertz CT molecular complexity index is 132. The summed E-state index contributed by atoms with van der Waals surface area (Å²) in [5.74, 6) is 1.90. The molecule has 0 aromatic heterocycles. The summed E-state index contributed by atoms with van der Waals surface area (Å²) in [4.78, 5) is 2.35. The molecule has 0 radical (unpaired) electrons. The van der Waals surface area contributed by atoms with Crippen molar-refractivity contribution in [2.75, 3.05) is 14.1 Å². The van der Waals surface area contributed by atoms with E-state index in [0.29, 0.717) is 5.54 Å². The Kier molecular flexibility index (Phi) is 2.29. The van der Waals surface area contributed by atoms with Crippen LogP contribution in [0.25, 0.3) is 0 Å². The van der Waals surface area contributed by atoms with E-state index in [4.69, 9.17) is 0 Å². The first-order valence-electron chi connectivity index (χ1n) is 4.62. The quantitative estimate of drug-likeness (QED) is 0.592. The first kappa shape index (κ1) is 9.05. The summed E-state index contributed by atoms with van der Waals surface area (Å²) >= 11 is 0. The first-order valence-corrected chi connectivity index (χ1v) is 4.62. The van der Waals surface area contributed by atoms with Crippen LogP contribution in [0.3, 0.4) is 0 Å². The van der Waals surface area contributed by atoms with E-state index in [2.05, 4.69) is 39.8 Å². The zero-order valence-corrected chi connectivity index (χ0v) is 8.52. The molecule has 1 nitrogen and oxygen atoms in total. The predicted octanol–water partition coefficient (Wildman–Crippen LogP) is 2.37. The van der Waals surface area contributed by atoms with Crippen LogP contribution >= 0.6 is 0 Å². The summed E-state index contributed by atoms with van der Waals surface area (Å²) in [5.41, 5.74) is 0.409. The van der Waals surface area contributed by atoms with Crippen LogP contribution in [0.1, 0.15) is 33.6 Å². The number of rotatable bonds is 2. The van der Waals surface area contributed by atoms with E-state index in [1.165, 1.54) is 12.8 Å². The van der Waals surface area contributed by atoms with Crippen molar-refractivity contribution in [2.24, 2.45) is 11.8 Å². The van der Waals surface area contributed by atoms with Crippen molar-refractivity contribution in [1.82, 2.24) is 4.90 Å². The van der Waals surface area contributed by atoms with Gasteiger partial charge in [0.25, 0.3) is 0 Å². The number of hydrogen-bond donors (Lipinski definition) is 0. The van der Waals surface area contributed by atoms with Gasteiger partial charge in [0.15, 0.2) is 0 Å². The molecule has 0 aliphatic heterocycles. The summed E-state index contributed by atoms with van der Waals surface area (Å²) in [6, 6.07) is 0. The van der Waals surface area contributed by atoms with Crippen LogP contribution in [-0.2, 0) is 0 Å². The molecular weight excluding hydrogens is 134 g/mol. The largest absolute Gasteiger partial charge is 0.304 e. The molecule has 0 amide bonds. The van der Waals surface area contributed by atoms with Gasteiger partial charge in [-0.15, -0.1) is 0 Å². The van der Waals surface area contributed by atoms with Crippen molar-refractivity contribution in [3.8, 4) is 0 Å². The first-order chi connectivity index (χ1) is 4.94. The SMILES string of the molecule is CC1CC(C(C)(C)N(C)C)C1. The molecule has 1 fully saturated rings. The summed E-state index contributed by atoms with van der Waals surface area (Å²) in [6.45, 7) is 7.05. The van der Waals surface area contributed by atoms with Gasteiger partial charge < -0.3 is 4.90 Å². The third-order valence-corrected chi connectivity index (χ3v) is 3.53. The van der Waals surface area contributed by atoms with Crippen LogP contribution < -0.4 is 0 Å². The molecule has 0 atom stereocenters. The van der Waals surface area contributed by atoms with E-state index in [-0.39, 0.29) is 0 Å². The fourth-order valence-electron chi connectivity index (χ4n) is 1.84. The molecule has 0 saturated heterocycles. The third-order valence-electron chi connectivity index (χ3n) is 3.53. The van der Waals surface area contributed by atoms with E-state index < -0.39 is 0 Å². The van der Waals surface area contributed by atoms with Crippen LogP contribution in [-0.4, -0.2) is 24.5 Å². The minimum absolute atomic E-state index is 0.409. The zero-order chi connectivity index (χ0) is 8.65. The van der Waals surface area contributed by atoms with Crippen molar-refractivity contribution in [1.29, 1.82) is 0 Å². The van der Waals surface area contributed by atoms with Gasteiger partial charge in [-0.3, -0.25) is 0 Å². The van der Waals surface area contributed by atoms with Crippen molar-refractivity contribution in [3.63, 3.8) is 0 Å². The molecule has 11 heavy (non-hydrogen) atoms. The van der Waals surface area contributed by atoms with E-state index >= 15 is 0 Å². The van der Waals surface area contributed by atoms with Gasteiger partial charge in [-0.2, -0.15) is 0 Å². The lowest BCUT2D eigenvalue weighted by Gasteiger charge is -2.48. The lowest BCUT2D eigenvalue weighted by atomic mass is 9.66. The van der Waals surface area contributed by atoms with Crippen molar-refractivity contribution < 1.29 is 0 Å². The molecule has 0 bridgehead atoms. The summed E-state index contributed by atoms with van der Waals surface area (Å²) < 4.78 is 0. The van der Waals surface area contributed by atoms with Crippen LogP contribution in [0.15, 0.2) is 0 Å². The molecule has 1 aliphatic carbocycles. The Morgan fingerprint density at radius 3 is 1.91 bits per heavy atom. The van der Waals surface area contributed by atoms with Gasteiger partial charge in [-0.1, -0.05) is 6.92 Å². The minimum atomic E-state index is 0.409. The Labute approximate surface area is 70.8 Å². The average molecular weight is 155 g/mol. The van der Waals surface area contributed by atoms with Gasteiger partial charge in [0.05, 0.1) is 0 Å². The van der Waals surface area contributed by atoms with Gasteiger partial charge >= 0.3 is 0 Å². The third kappa shape index (κ3) is 1.58. The Hall–Kier alpha value is -0.0400. The smallest absolute Gasteiger partial charge is 0.0175 e. The van der Waals surface area contributed by atoms with Crippen molar-refractivity contribution >= 4 is 0 Å². The second-order valence-electron chi connectivity index (χ2n) is 4.82. The molecule has 1 saturated carbocycles. The summed E-state index contributed by atoms with van der Waals surface area (Å²) in [7, 11) is 4.37. The predicted molar refractivity (Wildman–Crippen MR) is 49.7 cm³/mol. The maximum Gasteiger partial charge on any atom is 0.0175 e. The average Bonchev–Trinajstić information content (AvgIpc) is 1.80. The maximum atomic E-state index is 2.35. The van der Waals surface area contributed by atoms with E-state index in [0.717, 1.165) is 11.8 Å². The maximum absolute atomic E-state index is 2.35. The monoisotopic (exact) mass is 155 g/mol. The molecular formula is C10H21N. The molecule has 66 valence electrons. The van der Waals surface area contributed by atoms with Crippen LogP contribution in [0.5, 0.6) is 0 Å². The van der Waals surface area contributed by atoms with Gasteiger partial charge in [-0.05, 0) is 52.6 Å². The van der Waals surface area contributed by atoms with Crippen LogP contribution in [0, 0.1) is 11.8 Å². The van der Waals surface area contributed by atoms with Gasteiger partial charge in [-0.25, -0.2) is 0 Å². The van der Waals surface area contributed by atoms with E-state index in [1.807, 2.05) is 0 Å². The zero-order valence-electron chi connectivity index (χ0n) is 8.52. The molecule has 0 aromatic rings. The van der Waals surface area contributed by atoms with Gasteiger partial charge in [0.2, 0.25) is 0 Å². The highest BCUT2D eigenvalue weighted by Gasteiger charge is 2.38. The van der Waals surface area contributed by atoms with Gasteiger partial charge in [0.1, 0.15) is 0 Å². The molecule has 1 heteroatoms. The lowest BCUT2D eigenvalue weighted by Crippen LogP contribution is -2.49. The van der Waals surface area contributed by atoms with Crippen LogP contribution in [0.4, 0.5) is 0 Å². The molecule has 1 rings (SSSR count). The minimum Gasteiger partial charge on any atom is -0.304 e. The number of hydrogen-bond acceptors (Lipinski definition) is 1.